The second-order valence-corrected chi connectivity index (χ2v) is 5.10. The van der Waals surface area contributed by atoms with Crippen LogP contribution in [0.3, 0.4) is 0 Å². The number of hydrogen-bond donors (Lipinski definition) is 4. The summed E-state index contributed by atoms with van der Waals surface area (Å²) >= 11 is 0. The first-order chi connectivity index (χ1) is 9.02. The van der Waals surface area contributed by atoms with Gasteiger partial charge in [-0.2, -0.15) is 0 Å². The predicted octanol–water partition coefficient (Wildman–Crippen LogP) is -1.49. The minimum Gasteiger partial charge on any atom is -0.480 e. The zero-order valence-electron chi connectivity index (χ0n) is 12.1. The summed E-state index contributed by atoms with van der Waals surface area (Å²) in [6, 6.07) is -3.83. The van der Waals surface area contributed by atoms with E-state index in [1.807, 2.05) is 0 Å². The molecule has 0 saturated carbocycles. The molecule has 0 radical (unpaired) electrons. The predicted molar refractivity (Wildman–Crippen MR) is 71.4 cm³/mol. The fourth-order valence-corrected chi connectivity index (χ4v) is 1.41. The van der Waals surface area contributed by atoms with Crippen LogP contribution < -0.4 is 11.5 Å². The van der Waals surface area contributed by atoms with Gasteiger partial charge in [0.15, 0.2) is 0 Å². The van der Waals surface area contributed by atoms with Crippen LogP contribution in [0.15, 0.2) is 0 Å². The molecule has 0 aliphatic rings. The smallest absolute Gasteiger partial charge is 0.326 e. The van der Waals surface area contributed by atoms with Crippen molar-refractivity contribution in [2.45, 2.75) is 51.9 Å². The molecule has 20 heavy (non-hydrogen) atoms. The van der Waals surface area contributed by atoms with E-state index in [9.17, 15) is 19.5 Å². The molecule has 0 bridgehead atoms. The first-order valence-corrected chi connectivity index (χ1v) is 6.31. The highest BCUT2D eigenvalue weighted by Gasteiger charge is 2.38. The molecule has 2 amide bonds. The van der Waals surface area contributed by atoms with Gasteiger partial charge in [-0.15, -0.1) is 0 Å². The van der Waals surface area contributed by atoms with Crippen LogP contribution in [0.2, 0.25) is 0 Å². The molecule has 116 valence electrons. The lowest BCUT2D eigenvalue weighted by molar-refractivity contribution is -0.159. The summed E-state index contributed by atoms with van der Waals surface area (Å²) in [4.78, 5) is 35.8. The Morgan fingerprint density at radius 3 is 1.65 bits per heavy atom. The maximum Gasteiger partial charge on any atom is 0.326 e. The number of amides is 2. The molecule has 4 unspecified atom stereocenters. The normalized spacial score (nSPS) is 17.2. The average Bonchev–Trinajstić information content (AvgIpc) is 2.35. The third-order valence-corrected chi connectivity index (χ3v) is 3.03. The molecule has 8 nitrogen and oxygen atoms in total. The number of hydrogen-bond acceptors (Lipinski definition) is 6. The van der Waals surface area contributed by atoms with Gasteiger partial charge in [0.1, 0.15) is 12.1 Å². The summed E-state index contributed by atoms with van der Waals surface area (Å²) in [6.07, 6.45) is -1.21. The third kappa shape index (κ3) is 4.26. The van der Waals surface area contributed by atoms with Crippen LogP contribution in [0.1, 0.15) is 27.7 Å². The van der Waals surface area contributed by atoms with E-state index in [2.05, 4.69) is 0 Å². The summed E-state index contributed by atoms with van der Waals surface area (Å²) in [5.41, 5.74) is 11.2. The van der Waals surface area contributed by atoms with Crippen molar-refractivity contribution >= 4 is 17.8 Å². The van der Waals surface area contributed by atoms with E-state index in [1.54, 1.807) is 13.8 Å². The molecule has 6 N–H and O–H groups in total. The molecule has 0 rings (SSSR count). The van der Waals surface area contributed by atoms with E-state index in [1.165, 1.54) is 13.8 Å². The van der Waals surface area contributed by atoms with E-state index in [-0.39, 0.29) is 5.92 Å². The Balaban J connectivity index is 5.45. The Labute approximate surface area is 117 Å². The van der Waals surface area contributed by atoms with E-state index in [4.69, 9.17) is 16.6 Å². The molecule has 0 aromatic carbocycles. The van der Waals surface area contributed by atoms with Crippen LogP contribution >= 0.6 is 0 Å². The molecule has 0 aliphatic heterocycles. The topological polar surface area (TPSA) is 147 Å². The average molecular weight is 289 g/mol. The summed E-state index contributed by atoms with van der Waals surface area (Å²) < 4.78 is 0. The third-order valence-electron chi connectivity index (χ3n) is 3.03. The quantitative estimate of drug-likeness (QED) is 0.465. The Bertz CT molecular complexity index is 357. The molecule has 0 spiro atoms. The Hall–Kier alpha value is -1.51. The fourth-order valence-electron chi connectivity index (χ4n) is 1.41. The number of nitrogens with zero attached hydrogens (tertiary/aromatic N) is 1. The monoisotopic (exact) mass is 289 g/mol. The first-order valence-electron chi connectivity index (χ1n) is 6.31. The number of imide groups is 1. The van der Waals surface area contributed by atoms with Gasteiger partial charge in [-0.25, -0.2) is 4.79 Å². The number of aliphatic hydroxyl groups excluding tert-OH is 1. The Morgan fingerprint density at radius 2 is 1.35 bits per heavy atom. The first kappa shape index (κ1) is 18.5. The standard InChI is InChI=1S/C12H23N3O5/c1-5(2)8(13)10(17)15(6(3)12(19)20)11(18)9(14)7(4)16/h5-9,16H,13-14H2,1-4H3,(H,19,20). The maximum absolute atomic E-state index is 12.2. The SMILES string of the molecule is CC(C)C(N)C(=O)N(C(=O)C(N)C(C)O)C(C)C(=O)O. The van der Waals surface area contributed by atoms with Crippen LogP contribution in [0.4, 0.5) is 0 Å². The van der Waals surface area contributed by atoms with Gasteiger partial charge in [0.05, 0.1) is 12.1 Å². The highest BCUT2D eigenvalue weighted by molar-refractivity contribution is 6.03. The van der Waals surface area contributed by atoms with Crippen molar-refractivity contribution in [1.82, 2.24) is 4.90 Å². The zero-order chi connectivity index (χ0) is 16.2. The molecule has 0 heterocycles. The summed E-state index contributed by atoms with van der Waals surface area (Å²) in [5, 5.41) is 18.3. The Kier molecular flexibility index (Phi) is 6.77. The second kappa shape index (κ2) is 7.32. The largest absolute Gasteiger partial charge is 0.480 e. The Morgan fingerprint density at radius 1 is 0.950 bits per heavy atom. The van der Waals surface area contributed by atoms with Crippen molar-refractivity contribution in [3.05, 3.63) is 0 Å². The van der Waals surface area contributed by atoms with Crippen LogP contribution in [-0.4, -0.2) is 57.1 Å². The molecular formula is C12H23N3O5. The van der Waals surface area contributed by atoms with Crippen LogP contribution in [-0.2, 0) is 14.4 Å². The zero-order valence-corrected chi connectivity index (χ0v) is 12.1. The van der Waals surface area contributed by atoms with Crippen molar-refractivity contribution in [3.8, 4) is 0 Å². The number of aliphatic hydroxyl groups is 1. The summed E-state index contributed by atoms with van der Waals surface area (Å²) in [6.45, 7) is 5.80. The molecule has 0 saturated heterocycles. The van der Waals surface area contributed by atoms with Crippen LogP contribution in [0.5, 0.6) is 0 Å². The van der Waals surface area contributed by atoms with Gasteiger partial charge in [-0.05, 0) is 19.8 Å². The van der Waals surface area contributed by atoms with Crippen LogP contribution in [0.25, 0.3) is 0 Å². The number of carboxylic acids is 1. The van der Waals surface area contributed by atoms with Gasteiger partial charge in [0.25, 0.3) is 0 Å². The van der Waals surface area contributed by atoms with E-state index in [0.29, 0.717) is 4.90 Å². The van der Waals surface area contributed by atoms with Crippen molar-refractivity contribution in [1.29, 1.82) is 0 Å². The van der Waals surface area contributed by atoms with Crippen LogP contribution in [0, 0.1) is 5.92 Å². The minimum atomic E-state index is -1.41. The molecule has 0 aromatic rings. The van der Waals surface area contributed by atoms with Gasteiger partial charge in [0, 0.05) is 0 Å². The van der Waals surface area contributed by atoms with Gasteiger partial charge < -0.3 is 21.7 Å². The van der Waals surface area contributed by atoms with Crippen molar-refractivity contribution < 1.29 is 24.6 Å². The molecule has 8 heteroatoms. The molecule has 4 atom stereocenters. The molecule has 0 aromatic heterocycles. The van der Waals surface area contributed by atoms with Crippen molar-refractivity contribution in [2.75, 3.05) is 0 Å². The minimum absolute atomic E-state index is 0.276. The highest BCUT2D eigenvalue weighted by Crippen LogP contribution is 2.11. The number of carboxylic acid groups (broad SMARTS) is 1. The van der Waals surface area contributed by atoms with Crippen molar-refractivity contribution in [2.24, 2.45) is 17.4 Å². The molecule has 0 aliphatic carbocycles. The second-order valence-electron chi connectivity index (χ2n) is 5.10. The van der Waals surface area contributed by atoms with Gasteiger partial charge in [0.2, 0.25) is 11.8 Å². The maximum atomic E-state index is 12.2. The molecular weight excluding hydrogens is 266 g/mol. The highest BCUT2D eigenvalue weighted by atomic mass is 16.4. The van der Waals surface area contributed by atoms with E-state index >= 15 is 0 Å². The lowest BCUT2D eigenvalue weighted by atomic mass is 10.0. The number of carbonyl (C=O) groups excluding carboxylic acids is 2. The summed E-state index contributed by atoms with van der Waals surface area (Å²) in [7, 11) is 0. The lowest BCUT2D eigenvalue weighted by Gasteiger charge is -2.31. The van der Waals surface area contributed by atoms with Gasteiger partial charge in [-0.3, -0.25) is 14.5 Å². The van der Waals surface area contributed by atoms with Crippen molar-refractivity contribution in [3.63, 3.8) is 0 Å². The number of carbonyl (C=O) groups is 3. The summed E-state index contributed by atoms with van der Waals surface area (Å²) in [5.74, 6) is -3.42. The van der Waals surface area contributed by atoms with E-state index < -0.39 is 42.0 Å². The van der Waals surface area contributed by atoms with E-state index in [0.717, 1.165) is 0 Å². The fraction of sp³-hybridized carbons (Fsp3) is 0.750. The van der Waals surface area contributed by atoms with Gasteiger partial charge >= 0.3 is 5.97 Å². The number of nitrogens with two attached hydrogens (primary N) is 2. The molecule has 0 fully saturated rings. The number of rotatable bonds is 6. The lowest BCUT2D eigenvalue weighted by Crippen LogP contribution is -2.60. The van der Waals surface area contributed by atoms with Gasteiger partial charge in [-0.1, -0.05) is 13.8 Å². The number of aliphatic carboxylic acids is 1.